The van der Waals surface area contributed by atoms with Crippen LogP contribution in [0.2, 0.25) is 0 Å². The van der Waals surface area contributed by atoms with Gasteiger partial charge in [0.2, 0.25) is 5.91 Å². The van der Waals surface area contributed by atoms with Gasteiger partial charge in [0.1, 0.15) is 11.6 Å². The molecule has 0 bridgehead atoms. The zero-order valence-corrected chi connectivity index (χ0v) is 12.8. The molecule has 1 aromatic rings. The predicted molar refractivity (Wildman–Crippen MR) is 77.6 cm³/mol. The Kier molecular flexibility index (Phi) is 7.09. The summed E-state index contributed by atoms with van der Waals surface area (Å²) in [5, 5.41) is 0. The Morgan fingerprint density at radius 3 is 2.50 bits per heavy atom. The van der Waals surface area contributed by atoms with Crippen LogP contribution in [0.4, 0.5) is 8.78 Å². The monoisotopic (exact) mass is 306 g/mol. The summed E-state index contributed by atoms with van der Waals surface area (Å²) in [6.07, 6.45) is 1.35. The molecule has 0 saturated carbocycles. The van der Waals surface area contributed by atoms with E-state index in [1.54, 1.807) is 14.0 Å². The number of carbonyl (C=O) groups is 1. The van der Waals surface area contributed by atoms with Crippen LogP contribution in [-0.4, -0.2) is 23.4 Å². The quantitative estimate of drug-likeness (QED) is 0.909. The summed E-state index contributed by atoms with van der Waals surface area (Å²) in [7, 11) is 1.56. The van der Waals surface area contributed by atoms with E-state index in [0.717, 1.165) is 12.5 Å². The Morgan fingerprint density at radius 1 is 1.40 bits per heavy atom. The molecule has 2 N–H and O–H groups in total. The molecule has 0 fully saturated rings. The zero-order valence-electron chi connectivity index (χ0n) is 12.0. The van der Waals surface area contributed by atoms with Gasteiger partial charge in [-0.2, -0.15) is 0 Å². The van der Waals surface area contributed by atoms with Gasteiger partial charge in [-0.05, 0) is 19.4 Å². The topological polar surface area (TPSA) is 46.3 Å². The van der Waals surface area contributed by atoms with Crippen molar-refractivity contribution in [3.63, 3.8) is 0 Å². The molecule has 0 aliphatic rings. The van der Waals surface area contributed by atoms with E-state index < -0.39 is 17.2 Å². The Hall–Kier alpha value is -1.20. The molecule has 114 valence electrons. The van der Waals surface area contributed by atoms with Gasteiger partial charge in [0.05, 0.1) is 5.54 Å². The van der Waals surface area contributed by atoms with Crippen LogP contribution in [0.1, 0.15) is 32.3 Å². The third-order valence-electron chi connectivity index (χ3n) is 3.03. The Labute approximate surface area is 124 Å². The average molecular weight is 307 g/mol. The van der Waals surface area contributed by atoms with Crippen molar-refractivity contribution >= 4 is 18.3 Å². The van der Waals surface area contributed by atoms with Crippen LogP contribution in [0.3, 0.4) is 0 Å². The minimum Gasteiger partial charge on any atom is -0.340 e. The number of nitrogens with two attached hydrogens (primary N) is 1. The largest absolute Gasteiger partial charge is 0.340 e. The highest BCUT2D eigenvalue weighted by molar-refractivity contribution is 5.85. The second-order valence-electron chi connectivity index (χ2n) is 5.06. The highest BCUT2D eigenvalue weighted by atomic mass is 35.5. The first-order valence-corrected chi connectivity index (χ1v) is 6.26. The molecule has 0 aliphatic heterocycles. The van der Waals surface area contributed by atoms with E-state index in [9.17, 15) is 13.6 Å². The van der Waals surface area contributed by atoms with Crippen LogP contribution in [0.15, 0.2) is 18.2 Å². The maximum atomic E-state index is 13.5. The van der Waals surface area contributed by atoms with E-state index in [-0.39, 0.29) is 30.4 Å². The van der Waals surface area contributed by atoms with Gasteiger partial charge in [0.25, 0.3) is 0 Å². The highest BCUT2D eigenvalue weighted by Gasteiger charge is 2.30. The molecule has 0 spiro atoms. The molecule has 0 saturated heterocycles. The maximum absolute atomic E-state index is 13.5. The van der Waals surface area contributed by atoms with E-state index in [4.69, 9.17) is 5.73 Å². The number of carbonyl (C=O) groups excluding carboxylic acids is 1. The number of likely N-dealkylation sites (N-methyl/N-ethyl adjacent to an activating group) is 1. The molecule has 3 nitrogen and oxygen atoms in total. The molecule has 1 unspecified atom stereocenters. The molecule has 20 heavy (non-hydrogen) atoms. The van der Waals surface area contributed by atoms with Crippen LogP contribution in [0, 0.1) is 11.6 Å². The van der Waals surface area contributed by atoms with Crippen LogP contribution < -0.4 is 5.73 Å². The summed E-state index contributed by atoms with van der Waals surface area (Å²) in [5.41, 5.74) is 5.25. The third kappa shape index (κ3) is 4.72. The Balaban J connectivity index is 0.00000361. The second-order valence-corrected chi connectivity index (χ2v) is 5.06. The number of hydrogen-bond acceptors (Lipinski definition) is 2. The SMILES string of the molecule is CCCC(C)(N)C(=O)N(C)Cc1ccc(F)cc1F.Cl. The van der Waals surface area contributed by atoms with Crippen LogP contribution in [-0.2, 0) is 11.3 Å². The molecule has 0 aliphatic carbocycles. The van der Waals surface area contributed by atoms with Crippen molar-refractivity contribution in [3.8, 4) is 0 Å². The Bertz CT molecular complexity index is 466. The number of nitrogens with zero attached hydrogens (tertiary/aromatic N) is 1. The molecule has 0 heterocycles. The second kappa shape index (κ2) is 7.55. The van der Waals surface area contributed by atoms with E-state index in [1.807, 2.05) is 6.92 Å². The van der Waals surface area contributed by atoms with Gasteiger partial charge >= 0.3 is 0 Å². The summed E-state index contributed by atoms with van der Waals surface area (Å²) in [4.78, 5) is 13.5. The smallest absolute Gasteiger partial charge is 0.242 e. The highest BCUT2D eigenvalue weighted by Crippen LogP contribution is 2.16. The standard InChI is InChI=1S/C14H20F2N2O.ClH/c1-4-7-14(2,17)13(19)18(3)9-10-5-6-11(15)8-12(10)16;/h5-6,8H,4,7,9,17H2,1-3H3;1H. The fourth-order valence-corrected chi connectivity index (χ4v) is 2.04. The molecule has 1 amide bonds. The molecule has 0 radical (unpaired) electrons. The molecular weight excluding hydrogens is 286 g/mol. The first-order valence-electron chi connectivity index (χ1n) is 6.26. The summed E-state index contributed by atoms with van der Waals surface area (Å²) >= 11 is 0. The molecule has 6 heteroatoms. The number of amides is 1. The molecule has 0 aromatic heterocycles. The average Bonchev–Trinajstić information content (AvgIpc) is 2.31. The van der Waals surface area contributed by atoms with Crippen molar-refractivity contribution in [1.82, 2.24) is 4.90 Å². The lowest BCUT2D eigenvalue weighted by Gasteiger charge is -2.29. The van der Waals surface area contributed by atoms with E-state index in [2.05, 4.69) is 0 Å². The normalized spacial score (nSPS) is 13.3. The lowest BCUT2D eigenvalue weighted by Crippen LogP contribution is -2.51. The summed E-state index contributed by atoms with van der Waals surface area (Å²) in [5.74, 6) is -1.54. The fourth-order valence-electron chi connectivity index (χ4n) is 2.04. The van der Waals surface area contributed by atoms with Gasteiger partial charge < -0.3 is 10.6 Å². The molecular formula is C14H21ClF2N2O. The van der Waals surface area contributed by atoms with Gasteiger partial charge in [-0.25, -0.2) is 8.78 Å². The van der Waals surface area contributed by atoms with Crippen LogP contribution in [0.5, 0.6) is 0 Å². The van der Waals surface area contributed by atoms with Gasteiger partial charge in [0.15, 0.2) is 0 Å². The number of benzene rings is 1. The minimum absolute atomic E-state index is 0. The number of halogens is 3. The number of hydrogen-bond donors (Lipinski definition) is 1. The van der Waals surface area contributed by atoms with Gasteiger partial charge in [0, 0.05) is 25.2 Å². The molecule has 1 atom stereocenters. The van der Waals surface area contributed by atoms with Crippen molar-refractivity contribution < 1.29 is 13.6 Å². The molecule has 1 rings (SSSR count). The molecule has 1 aromatic carbocycles. The lowest BCUT2D eigenvalue weighted by molar-refractivity contribution is -0.135. The van der Waals surface area contributed by atoms with Crippen LogP contribution >= 0.6 is 12.4 Å². The summed E-state index contributed by atoms with van der Waals surface area (Å²) in [6.45, 7) is 3.68. The van der Waals surface area contributed by atoms with Crippen molar-refractivity contribution in [2.45, 2.75) is 38.8 Å². The third-order valence-corrected chi connectivity index (χ3v) is 3.03. The number of rotatable bonds is 5. The van der Waals surface area contributed by atoms with Gasteiger partial charge in [-0.3, -0.25) is 4.79 Å². The summed E-state index contributed by atoms with van der Waals surface area (Å²) < 4.78 is 26.3. The van der Waals surface area contributed by atoms with Crippen molar-refractivity contribution in [1.29, 1.82) is 0 Å². The van der Waals surface area contributed by atoms with Gasteiger partial charge in [-0.15, -0.1) is 12.4 Å². The van der Waals surface area contributed by atoms with E-state index in [0.29, 0.717) is 6.42 Å². The van der Waals surface area contributed by atoms with Crippen molar-refractivity contribution in [3.05, 3.63) is 35.4 Å². The summed E-state index contributed by atoms with van der Waals surface area (Å²) in [6, 6.07) is 3.31. The maximum Gasteiger partial charge on any atom is 0.242 e. The first kappa shape index (κ1) is 18.8. The lowest BCUT2D eigenvalue weighted by atomic mass is 9.95. The van der Waals surface area contributed by atoms with Gasteiger partial charge in [-0.1, -0.05) is 19.4 Å². The Morgan fingerprint density at radius 2 is 2.00 bits per heavy atom. The van der Waals surface area contributed by atoms with Crippen molar-refractivity contribution in [2.75, 3.05) is 7.05 Å². The first-order chi connectivity index (χ1) is 8.77. The zero-order chi connectivity index (χ0) is 14.6. The fraction of sp³-hybridized carbons (Fsp3) is 0.500. The minimum atomic E-state index is -0.958. The van der Waals surface area contributed by atoms with Crippen molar-refractivity contribution in [2.24, 2.45) is 5.73 Å². The van der Waals surface area contributed by atoms with E-state index in [1.165, 1.54) is 17.0 Å². The predicted octanol–water partition coefficient (Wildman–Crippen LogP) is 2.86. The van der Waals surface area contributed by atoms with Crippen LogP contribution in [0.25, 0.3) is 0 Å². The van der Waals surface area contributed by atoms with E-state index >= 15 is 0 Å².